The van der Waals surface area contributed by atoms with Crippen LogP contribution >= 0.6 is 0 Å². The van der Waals surface area contributed by atoms with E-state index in [-0.39, 0.29) is 42.7 Å². The largest absolute Gasteiger partial charge is 0.510 e. The summed E-state index contributed by atoms with van der Waals surface area (Å²) in [5.41, 5.74) is 10.6. The zero-order valence-electron chi connectivity index (χ0n) is 38.5. The van der Waals surface area contributed by atoms with E-state index in [0.717, 1.165) is 44.7 Å². The molecule has 0 unspecified atom stereocenters. The van der Waals surface area contributed by atoms with Crippen molar-refractivity contribution in [2.24, 2.45) is 0 Å². The van der Waals surface area contributed by atoms with Gasteiger partial charge in [-0.25, -0.2) is 4.98 Å². The van der Waals surface area contributed by atoms with Gasteiger partial charge in [0.15, 0.2) is 0 Å². The molecule has 64 heavy (non-hydrogen) atoms. The maximum Gasteiger partial charge on any atom is 0.267 e. The number of fused-ring (bicyclic) bond motifs is 3. The Bertz CT molecular complexity index is 3110. The Morgan fingerprint density at radius 3 is 1.81 bits per heavy atom. The SMILES string of the molecule is CC(C)(C)c1ccc2c(c1)c1ccc(Oc3[c-]c(-n4[c-][n+](-c5cccc(C(C)(C)c6ccccc6)c5)cc4C(C)(C)C)ccc3)[c-]c1n2-c1cc(C(C)(C)c2ccccc2)ccn1.[Pt]. The molecule has 9 aromatic rings. The summed E-state index contributed by atoms with van der Waals surface area (Å²) in [5.74, 6) is 2.02. The molecule has 0 aliphatic carbocycles. The molecule has 0 fully saturated rings. The molecule has 0 radical (unpaired) electrons. The molecule has 0 aliphatic heterocycles. The zero-order chi connectivity index (χ0) is 44.3. The summed E-state index contributed by atoms with van der Waals surface area (Å²) in [6, 6.07) is 58.7. The van der Waals surface area contributed by atoms with E-state index in [0.29, 0.717) is 11.5 Å². The monoisotopic (exact) mass is 1020 g/mol. The summed E-state index contributed by atoms with van der Waals surface area (Å²) in [7, 11) is 0. The Morgan fingerprint density at radius 1 is 0.531 bits per heavy atom. The van der Waals surface area contributed by atoms with E-state index in [2.05, 4.69) is 235 Å². The Balaban J connectivity index is 0.00000560. The molecule has 0 amide bonds. The number of nitrogens with zero attached hydrogens (tertiary/aromatic N) is 4. The van der Waals surface area contributed by atoms with Gasteiger partial charge in [0.2, 0.25) is 0 Å². The molecule has 0 saturated heterocycles. The Hall–Kier alpha value is -6.03. The predicted octanol–water partition coefficient (Wildman–Crippen LogP) is 13.7. The second kappa shape index (κ2) is 16.8. The van der Waals surface area contributed by atoms with E-state index < -0.39 is 0 Å². The molecule has 3 aromatic heterocycles. The number of hydrogen-bond donors (Lipinski definition) is 0. The van der Waals surface area contributed by atoms with Gasteiger partial charge in [0, 0.05) is 61.3 Å². The number of imidazole rings is 1. The molecular formula is C58H56N4OPt-2. The Labute approximate surface area is 393 Å². The van der Waals surface area contributed by atoms with Crippen molar-refractivity contribution < 1.29 is 30.4 Å². The van der Waals surface area contributed by atoms with Gasteiger partial charge < -0.3 is 13.9 Å². The van der Waals surface area contributed by atoms with Gasteiger partial charge in [-0.1, -0.05) is 160 Å². The molecule has 326 valence electrons. The molecule has 0 N–H and O–H groups in total. The fourth-order valence-electron chi connectivity index (χ4n) is 8.67. The van der Waals surface area contributed by atoms with E-state index in [1.807, 2.05) is 24.4 Å². The van der Waals surface area contributed by atoms with Crippen LogP contribution < -0.4 is 9.30 Å². The number of benzene rings is 6. The topological polar surface area (TPSA) is 35.9 Å². The van der Waals surface area contributed by atoms with Crippen molar-refractivity contribution in [3.05, 3.63) is 210 Å². The molecular weight excluding hydrogens is 964 g/mol. The molecule has 0 saturated carbocycles. The summed E-state index contributed by atoms with van der Waals surface area (Å²) in [5, 5.41) is 2.25. The molecule has 0 aliphatic rings. The number of rotatable bonds is 9. The van der Waals surface area contributed by atoms with Gasteiger partial charge in [0.25, 0.3) is 6.33 Å². The minimum atomic E-state index is -0.234. The number of ether oxygens (including phenoxy) is 1. The first-order valence-corrected chi connectivity index (χ1v) is 22.0. The van der Waals surface area contributed by atoms with Crippen LogP contribution in [0.4, 0.5) is 0 Å². The zero-order valence-corrected chi connectivity index (χ0v) is 40.8. The van der Waals surface area contributed by atoms with Crippen LogP contribution in [0, 0.1) is 18.5 Å². The molecule has 0 atom stereocenters. The van der Waals surface area contributed by atoms with Crippen molar-refractivity contribution in [2.45, 2.75) is 90.9 Å². The quantitative estimate of drug-likeness (QED) is 0.107. The number of pyridine rings is 1. The van der Waals surface area contributed by atoms with Crippen molar-refractivity contribution >= 4 is 21.8 Å². The third kappa shape index (κ3) is 8.39. The molecule has 3 heterocycles. The molecule has 6 aromatic carbocycles. The summed E-state index contributed by atoms with van der Waals surface area (Å²) < 4.78 is 13.1. The predicted molar refractivity (Wildman–Crippen MR) is 257 cm³/mol. The smallest absolute Gasteiger partial charge is 0.267 e. The second-order valence-electron chi connectivity index (χ2n) is 19.9. The van der Waals surface area contributed by atoms with Gasteiger partial charge in [-0.15, -0.1) is 29.7 Å². The molecule has 9 rings (SSSR count). The number of hydrogen-bond acceptors (Lipinski definition) is 2. The minimum absolute atomic E-state index is 0. The molecule has 0 bridgehead atoms. The van der Waals surface area contributed by atoms with E-state index >= 15 is 0 Å². The first kappa shape index (κ1) is 44.6. The molecule has 5 nitrogen and oxygen atoms in total. The number of aromatic nitrogens is 4. The van der Waals surface area contributed by atoms with E-state index in [1.165, 1.54) is 27.8 Å². The van der Waals surface area contributed by atoms with Crippen LogP contribution in [0.3, 0.4) is 0 Å². The normalized spacial score (nSPS) is 12.4. The van der Waals surface area contributed by atoms with Gasteiger partial charge in [-0.05, 0) is 80.1 Å². The standard InChI is InChI=1S/C58H56N4O.Pt/c1-55(2,3)42-27-30-51-50(34-42)49-29-28-48(37-52(49)62(51)54-35-44(31-32-59-54)58(9,10)41-21-15-12-16-22-41)63-47-26-18-25-46(36-47)61-39-60(38-53(61)56(4,5)6)45-24-17-23-43(33-45)57(7,8)40-19-13-11-14-20-40;/h11-35,38H,1-10H3;/q-2;. The Morgan fingerprint density at radius 2 is 1.16 bits per heavy atom. The van der Waals surface area contributed by atoms with Crippen LogP contribution in [0.1, 0.15) is 103 Å². The van der Waals surface area contributed by atoms with Crippen LogP contribution in [0.5, 0.6) is 11.5 Å². The minimum Gasteiger partial charge on any atom is -0.510 e. The summed E-state index contributed by atoms with van der Waals surface area (Å²) in [4.78, 5) is 4.99. The van der Waals surface area contributed by atoms with Crippen LogP contribution in [0.2, 0.25) is 0 Å². The summed E-state index contributed by atoms with van der Waals surface area (Å²) in [6.45, 7) is 22.6. The average molecular weight is 1020 g/mol. The van der Waals surface area contributed by atoms with Crippen molar-refractivity contribution in [1.29, 1.82) is 0 Å². The van der Waals surface area contributed by atoms with Crippen LogP contribution in [0.25, 0.3) is 39.0 Å². The van der Waals surface area contributed by atoms with E-state index in [4.69, 9.17) is 9.72 Å². The summed E-state index contributed by atoms with van der Waals surface area (Å²) >= 11 is 0. The average Bonchev–Trinajstić information content (AvgIpc) is 3.88. The van der Waals surface area contributed by atoms with Crippen LogP contribution in [-0.2, 0) is 42.7 Å². The van der Waals surface area contributed by atoms with E-state index in [1.54, 1.807) is 0 Å². The van der Waals surface area contributed by atoms with Crippen molar-refractivity contribution in [2.75, 3.05) is 0 Å². The van der Waals surface area contributed by atoms with Crippen molar-refractivity contribution in [3.63, 3.8) is 0 Å². The van der Waals surface area contributed by atoms with Crippen molar-refractivity contribution in [3.8, 4) is 28.7 Å². The fourth-order valence-corrected chi connectivity index (χ4v) is 8.67. The van der Waals surface area contributed by atoms with E-state index in [9.17, 15) is 0 Å². The maximum atomic E-state index is 6.68. The second-order valence-corrected chi connectivity index (χ2v) is 19.9. The fraction of sp³-hybridized carbons (Fsp3) is 0.241. The van der Waals surface area contributed by atoms with Gasteiger partial charge in [-0.3, -0.25) is 4.57 Å². The van der Waals surface area contributed by atoms with Crippen molar-refractivity contribution in [1.82, 2.24) is 14.1 Å². The first-order chi connectivity index (χ1) is 30.0. The Kier molecular flexibility index (Phi) is 11.7. The van der Waals surface area contributed by atoms with Gasteiger partial charge >= 0.3 is 0 Å². The first-order valence-electron chi connectivity index (χ1n) is 22.0. The molecule has 6 heteroatoms. The third-order valence-electron chi connectivity index (χ3n) is 12.7. The van der Waals surface area contributed by atoms with Gasteiger partial charge in [-0.2, -0.15) is 18.2 Å². The van der Waals surface area contributed by atoms with Crippen LogP contribution in [0.15, 0.2) is 158 Å². The summed E-state index contributed by atoms with van der Waals surface area (Å²) in [6.07, 6.45) is 7.77. The van der Waals surface area contributed by atoms with Gasteiger partial charge in [0.05, 0.1) is 11.4 Å². The van der Waals surface area contributed by atoms with Crippen LogP contribution in [-0.4, -0.2) is 14.1 Å². The third-order valence-corrected chi connectivity index (χ3v) is 12.7. The molecule has 0 spiro atoms. The van der Waals surface area contributed by atoms with Gasteiger partial charge in [0.1, 0.15) is 5.82 Å². The maximum absolute atomic E-state index is 6.68.